The zero-order valence-corrected chi connectivity index (χ0v) is 13.7. The molecular formula is C18H24N2S. The number of hydrogen-bond donors (Lipinski definition) is 1. The molecule has 0 fully saturated rings. The molecule has 0 bridgehead atoms. The van der Waals surface area contributed by atoms with Gasteiger partial charge in [-0.25, -0.2) is 0 Å². The standard InChI is InChI=1S/C18H24N2S/c1-3-9-19-14(2)16-8-10-20(12-16)13-17-11-15-6-4-5-7-18(15)21-17/h4-8,10,12,14,17,19H,3,9,11,13H2,1-2H3. The minimum absolute atomic E-state index is 0.444. The van der Waals surface area contributed by atoms with Gasteiger partial charge < -0.3 is 9.88 Å². The summed E-state index contributed by atoms with van der Waals surface area (Å²) >= 11 is 2.03. The molecule has 0 aliphatic carbocycles. The Morgan fingerprint density at radius 2 is 2.19 bits per heavy atom. The van der Waals surface area contributed by atoms with Gasteiger partial charge in [-0.1, -0.05) is 25.1 Å². The van der Waals surface area contributed by atoms with Gasteiger partial charge in [0.25, 0.3) is 0 Å². The van der Waals surface area contributed by atoms with Crippen molar-refractivity contribution in [2.24, 2.45) is 0 Å². The molecule has 2 atom stereocenters. The Hall–Kier alpha value is -1.19. The summed E-state index contributed by atoms with van der Waals surface area (Å²) in [5, 5.41) is 4.22. The van der Waals surface area contributed by atoms with Crippen molar-refractivity contribution >= 4 is 11.8 Å². The van der Waals surface area contributed by atoms with Crippen LogP contribution in [0.2, 0.25) is 0 Å². The minimum atomic E-state index is 0.444. The average molecular weight is 300 g/mol. The van der Waals surface area contributed by atoms with Crippen LogP contribution in [0.5, 0.6) is 0 Å². The highest BCUT2D eigenvalue weighted by molar-refractivity contribution is 8.00. The number of rotatable bonds is 6. The highest BCUT2D eigenvalue weighted by atomic mass is 32.2. The molecule has 112 valence electrons. The van der Waals surface area contributed by atoms with Crippen LogP contribution >= 0.6 is 11.8 Å². The Bertz CT molecular complexity index is 565. The molecule has 3 heteroatoms. The first-order valence-corrected chi connectivity index (χ1v) is 8.78. The average Bonchev–Trinajstić information content (AvgIpc) is 3.11. The molecule has 2 heterocycles. The molecule has 0 saturated carbocycles. The Kier molecular flexibility index (Phi) is 4.71. The van der Waals surface area contributed by atoms with Gasteiger partial charge in [-0.05, 0) is 49.6 Å². The molecule has 1 N–H and O–H groups in total. The van der Waals surface area contributed by atoms with E-state index in [4.69, 9.17) is 0 Å². The van der Waals surface area contributed by atoms with E-state index in [0.29, 0.717) is 11.3 Å². The van der Waals surface area contributed by atoms with Crippen LogP contribution in [0, 0.1) is 0 Å². The van der Waals surface area contributed by atoms with Crippen molar-refractivity contribution in [3.05, 3.63) is 53.9 Å². The molecule has 21 heavy (non-hydrogen) atoms. The number of hydrogen-bond acceptors (Lipinski definition) is 2. The Morgan fingerprint density at radius 3 is 3.00 bits per heavy atom. The van der Waals surface area contributed by atoms with E-state index >= 15 is 0 Å². The number of benzene rings is 1. The van der Waals surface area contributed by atoms with Crippen LogP contribution < -0.4 is 5.32 Å². The van der Waals surface area contributed by atoms with Crippen LogP contribution in [0.3, 0.4) is 0 Å². The maximum absolute atomic E-state index is 3.55. The fourth-order valence-electron chi connectivity index (χ4n) is 2.90. The molecule has 0 spiro atoms. The molecule has 1 aliphatic rings. The van der Waals surface area contributed by atoms with Gasteiger partial charge in [0.2, 0.25) is 0 Å². The molecule has 0 radical (unpaired) electrons. The molecule has 1 aromatic heterocycles. The topological polar surface area (TPSA) is 17.0 Å². The van der Waals surface area contributed by atoms with Crippen molar-refractivity contribution < 1.29 is 0 Å². The maximum atomic E-state index is 3.55. The van der Waals surface area contributed by atoms with Crippen LogP contribution in [0.4, 0.5) is 0 Å². The van der Waals surface area contributed by atoms with Crippen LogP contribution in [-0.2, 0) is 13.0 Å². The number of nitrogens with one attached hydrogen (secondary N) is 1. The zero-order chi connectivity index (χ0) is 14.7. The first-order valence-electron chi connectivity index (χ1n) is 7.90. The second-order valence-corrected chi connectivity index (χ2v) is 7.21. The first kappa shape index (κ1) is 14.7. The van der Waals surface area contributed by atoms with E-state index in [1.165, 1.54) is 28.9 Å². The summed E-state index contributed by atoms with van der Waals surface area (Å²) in [5.41, 5.74) is 2.90. The third-order valence-corrected chi connectivity index (χ3v) is 5.40. The fraction of sp³-hybridized carbons (Fsp3) is 0.444. The highest BCUT2D eigenvalue weighted by Crippen LogP contribution is 2.37. The van der Waals surface area contributed by atoms with Gasteiger partial charge in [0, 0.05) is 35.1 Å². The smallest absolute Gasteiger partial charge is 0.0345 e. The molecule has 0 amide bonds. The Labute approximate surface area is 131 Å². The maximum Gasteiger partial charge on any atom is 0.0345 e. The summed E-state index contributed by atoms with van der Waals surface area (Å²) in [5.74, 6) is 0. The molecule has 2 aromatic rings. The van der Waals surface area contributed by atoms with E-state index in [9.17, 15) is 0 Å². The second-order valence-electron chi connectivity index (χ2n) is 5.87. The third kappa shape index (κ3) is 3.53. The summed E-state index contributed by atoms with van der Waals surface area (Å²) < 4.78 is 2.35. The van der Waals surface area contributed by atoms with Crippen LogP contribution in [0.1, 0.15) is 37.4 Å². The van der Waals surface area contributed by atoms with Crippen molar-refractivity contribution in [1.82, 2.24) is 9.88 Å². The molecule has 0 saturated heterocycles. The first-order chi connectivity index (χ1) is 10.3. The predicted octanol–water partition coefficient (Wildman–Crippen LogP) is 4.27. The highest BCUT2D eigenvalue weighted by Gasteiger charge is 2.22. The number of aromatic nitrogens is 1. The van der Waals surface area contributed by atoms with Crippen LogP contribution in [0.25, 0.3) is 0 Å². The van der Waals surface area contributed by atoms with E-state index in [2.05, 4.69) is 66.5 Å². The molecule has 2 unspecified atom stereocenters. The number of nitrogens with zero attached hydrogens (tertiary/aromatic N) is 1. The lowest BCUT2D eigenvalue weighted by atomic mass is 10.1. The van der Waals surface area contributed by atoms with E-state index in [0.717, 1.165) is 13.1 Å². The summed E-state index contributed by atoms with van der Waals surface area (Å²) in [6.07, 6.45) is 6.90. The van der Waals surface area contributed by atoms with Crippen molar-refractivity contribution in [3.63, 3.8) is 0 Å². The molecule has 1 aromatic carbocycles. The molecule has 1 aliphatic heterocycles. The van der Waals surface area contributed by atoms with Gasteiger partial charge in [0.05, 0.1) is 0 Å². The quantitative estimate of drug-likeness (QED) is 0.858. The van der Waals surface area contributed by atoms with E-state index in [-0.39, 0.29) is 0 Å². The summed E-state index contributed by atoms with van der Waals surface area (Å²) in [6.45, 7) is 6.63. The van der Waals surface area contributed by atoms with Crippen LogP contribution in [-0.4, -0.2) is 16.4 Å². The van der Waals surface area contributed by atoms with Gasteiger partial charge in [-0.3, -0.25) is 0 Å². The number of fused-ring (bicyclic) bond motifs is 1. The molecule has 2 nitrogen and oxygen atoms in total. The van der Waals surface area contributed by atoms with Gasteiger partial charge in [0.1, 0.15) is 0 Å². The largest absolute Gasteiger partial charge is 0.353 e. The Morgan fingerprint density at radius 1 is 1.33 bits per heavy atom. The van der Waals surface area contributed by atoms with Crippen molar-refractivity contribution in [1.29, 1.82) is 0 Å². The predicted molar refractivity (Wildman–Crippen MR) is 90.9 cm³/mol. The van der Waals surface area contributed by atoms with Gasteiger partial charge >= 0.3 is 0 Å². The van der Waals surface area contributed by atoms with Crippen molar-refractivity contribution in [2.45, 2.75) is 49.4 Å². The monoisotopic (exact) mass is 300 g/mol. The SMILES string of the molecule is CCCNC(C)c1ccn(CC2Cc3ccccc3S2)c1. The van der Waals surface area contributed by atoms with Crippen molar-refractivity contribution in [3.8, 4) is 0 Å². The van der Waals surface area contributed by atoms with Crippen molar-refractivity contribution in [2.75, 3.05) is 6.54 Å². The summed E-state index contributed by atoms with van der Waals surface area (Å²) in [6, 6.07) is 11.5. The van der Waals surface area contributed by atoms with Crippen LogP contribution in [0.15, 0.2) is 47.6 Å². The second kappa shape index (κ2) is 6.71. The Balaban J connectivity index is 1.59. The molecule has 3 rings (SSSR count). The lowest BCUT2D eigenvalue weighted by Gasteiger charge is -2.12. The minimum Gasteiger partial charge on any atom is -0.353 e. The van der Waals surface area contributed by atoms with E-state index in [1.807, 2.05) is 11.8 Å². The summed E-state index contributed by atoms with van der Waals surface area (Å²) in [4.78, 5) is 1.47. The normalized spacial score (nSPS) is 18.7. The summed E-state index contributed by atoms with van der Waals surface area (Å²) in [7, 11) is 0. The third-order valence-electron chi connectivity index (χ3n) is 4.10. The molecular weight excluding hydrogens is 276 g/mol. The zero-order valence-electron chi connectivity index (χ0n) is 12.9. The van der Waals surface area contributed by atoms with Gasteiger partial charge in [-0.15, -0.1) is 11.8 Å². The fourth-order valence-corrected chi connectivity index (χ4v) is 4.23. The van der Waals surface area contributed by atoms with E-state index in [1.54, 1.807) is 0 Å². The number of thioether (sulfide) groups is 1. The van der Waals surface area contributed by atoms with Gasteiger partial charge in [-0.2, -0.15) is 0 Å². The van der Waals surface area contributed by atoms with Gasteiger partial charge in [0.15, 0.2) is 0 Å². The lowest BCUT2D eigenvalue weighted by Crippen LogP contribution is -2.19. The van der Waals surface area contributed by atoms with E-state index < -0.39 is 0 Å². The lowest BCUT2D eigenvalue weighted by molar-refractivity contribution is 0.568.